The van der Waals surface area contributed by atoms with Crippen LogP contribution in [0.3, 0.4) is 0 Å². The Labute approximate surface area is 162 Å². The van der Waals surface area contributed by atoms with Crippen molar-refractivity contribution in [3.8, 4) is 5.75 Å². The molecule has 0 radical (unpaired) electrons. The molecule has 0 heterocycles. The Morgan fingerprint density at radius 3 is 2.41 bits per heavy atom. The Kier molecular flexibility index (Phi) is 6.49. The number of benzene rings is 3. The molecule has 0 saturated carbocycles. The molecule has 3 aromatic rings. The first-order chi connectivity index (χ1) is 13.2. The van der Waals surface area contributed by atoms with E-state index in [9.17, 15) is 4.39 Å². The number of thiocarbonyl (C=S) groups is 1. The van der Waals surface area contributed by atoms with Crippen molar-refractivity contribution in [2.24, 2.45) is 5.10 Å². The standard InChI is InChI=1S/C21H18FN3OS/c22-20-9-5-4-6-17(20)15-26-19-12-10-16(11-13-19)14-23-25-21(27)24-18-7-2-1-3-8-18/h1-14H,15H2,(H2,24,25,27)/b23-14+. The second-order valence-electron chi connectivity index (χ2n) is 5.64. The van der Waals surface area contributed by atoms with Gasteiger partial charge in [-0.05, 0) is 60.2 Å². The average molecular weight is 379 g/mol. The first-order valence-electron chi connectivity index (χ1n) is 8.32. The molecule has 0 amide bonds. The molecule has 0 aliphatic rings. The molecule has 0 unspecified atom stereocenters. The fraction of sp³-hybridized carbons (Fsp3) is 0.0476. The van der Waals surface area contributed by atoms with E-state index in [-0.39, 0.29) is 12.4 Å². The molecule has 0 spiro atoms. The Bertz CT molecular complexity index is 914. The highest BCUT2D eigenvalue weighted by molar-refractivity contribution is 7.80. The number of nitrogens with one attached hydrogen (secondary N) is 2. The lowest BCUT2D eigenvalue weighted by Gasteiger charge is -2.07. The first kappa shape index (κ1) is 18.5. The third-order valence-electron chi connectivity index (χ3n) is 3.64. The topological polar surface area (TPSA) is 45.6 Å². The third-order valence-corrected chi connectivity index (χ3v) is 3.84. The van der Waals surface area contributed by atoms with Crippen molar-refractivity contribution in [1.82, 2.24) is 5.43 Å². The average Bonchev–Trinajstić information content (AvgIpc) is 2.69. The van der Waals surface area contributed by atoms with E-state index in [0.717, 1.165) is 11.3 Å². The van der Waals surface area contributed by atoms with Crippen LogP contribution in [0.15, 0.2) is 84.0 Å². The Hall–Kier alpha value is -3.25. The number of hydrogen-bond acceptors (Lipinski definition) is 3. The van der Waals surface area contributed by atoms with Crippen LogP contribution >= 0.6 is 12.2 Å². The van der Waals surface area contributed by atoms with Crippen LogP contribution < -0.4 is 15.5 Å². The van der Waals surface area contributed by atoms with E-state index in [1.807, 2.05) is 54.6 Å². The van der Waals surface area contributed by atoms with Gasteiger partial charge in [-0.3, -0.25) is 5.43 Å². The zero-order chi connectivity index (χ0) is 18.9. The highest BCUT2D eigenvalue weighted by Crippen LogP contribution is 2.15. The van der Waals surface area contributed by atoms with Crippen molar-refractivity contribution >= 4 is 29.2 Å². The number of nitrogens with zero attached hydrogens (tertiary/aromatic N) is 1. The molecule has 3 rings (SSSR count). The lowest BCUT2D eigenvalue weighted by Crippen LogP contribution is -2.23. The smallest absolute Gasteiger partial charge is 0.191 e. The number of para-hydroxylation sites is 1. The van der Waals surface area contributed by atoms with Crippen molar-refractivity contribution in [3.05, 3.63) is 95.8 Å². The van der Waals surface area contributed by atoms with Gasteiger partial charge in [0.25, 0.3) is 0 Å². The van der Waals surface area contributed by atoms with E-state index >= 15 is 0 Å². The summed E-state index contributed by atoms with van der Waals surface area (Å²) in [4.78, 5) is 0. The first-order valence-corrected chi connectivity index (χ1v) is 8.73. The van der Waals surface area contributed by atoms with Gasteiger partial charge in [0.1, 0.15) is 18.2 Å². The Morgan fingerprint density at radius 1 is 0.963 bits per heavy atom. The van der Waals surface area contributed by atoms with E-state index in [0.29, 0.717) is 16.4 Å². The Morgan fingerprint density at radius 2 is 1.67 bits per heavy atom. The number of ether oxygens (including phenoxy) is 1. The number of anilines is 1. The second kappa shape index (κ2) is 9.45. The summed E-state index contributed by atoms with van der Waals surface area (Å²) < 4.78 is 19.2. The summed E-state index contributed by atoms with van der Waals surface area (Å²) in [5.74, 6) is 0.386. The summed E-state index contributed by atoms with van der Waals surface area (Å²) >= 11 is 5.18. The molecular formula is C21H18FN3OS. The SMILES string of the molecule is Fc1ccccc1COc1ccc(/C=N/NC(=S)Nc2ccccc2)cc1. The van der Waals surface area contributed by atoms with Crippen molar-refractivity contribution in [2.45, 2.75) is 6.61 Å². The van der Waals surface area contributed by atoms with Crippen LogP contribution in [0.4, 0.5) is 10.1 Å². The van der Waals surface area contributed by atoms with Gasteiger partial charge in [0.15, 0.2) is 5.11 Å². The summed E-state index contributed by atoms with van der Waals surface area (Å²) in [6.45, 7) is 0.182. The van der Waals surface area contributed by atoms with Gasteiger partial charge in [0.2, 0.25) is 0 Å². The minimum absolute atomic E-state index is 0.182. The number of rotatable bonds is 6. The van der Waals surface area contributed by atoms with Crippen LogP contribution in [-0.4, -0.2) is 11.3 Å². The number of halogens is 1. The van der Waals surface area contributed by atoms with Crippen molar-refractivity contribution in [3.63, 3.8) is 0 Å². The molecule has 0 aliphatic heterocycles. The minimum Gasteiger partial charge on any atom is -0.489 e. The lowest BCUT2D eigenvalue weighted by molar-refractivity contribution is 0.300. The maximum Gasteiger partial charge on any atom is 0.191 e. The molecule has 4 nitrogen and oxygen atoms in total. The predicted octanol–water partition coefficient (Wildman–Crippen LogP) is 4.73. The summed E-state index contributed by atoms with van der Waals surface area (Å²) in [6.07, 6.45) is 1.65. The van der Waals surface area contributed by atoms with Crippen LogP contribution in [0.1, 0.15) is 11.1 Å². The molecule has 0 aliphatic carbocycles. The minimum atomic E-state index is -0.271. The van der Waals surface area contributed by atoms with E-state index < -0.39 is 0 Å². The van der Waals surface area contributed by atoms with Gasteiger partial charge < -0.3 is 10.1 Å². The molecule has 0 fully saturated rings. The van der Waals surface area contributed by atoms with Crippen LogP contribution in [0.5, 0.6) is 5.75 Å². The van der Waals surface area contributed by atoms with Gasteiger partial charge in [0.05, 0.1) is 6.21 Å². The van der Waals surface area contributed by atoms with Crippen LogP contribution in [0.2, 0.25) is 0 Å². The van der Waals surface area contributed by atoms with Crippen molar-refractivity contribution in [2.75, 3.05) is 5.32 Å². The lowest BCUT2D eigenvalue weighted by atomic mass is 10.2. The number of hydrazone groups is 1. The Balaban J connectivity index is 1.48. The third kappa shape index (κ3) is 5.90. The molecule has 136 valence electrons. The molecule has 0 aromatic heterocycles. The van der Waals surface area contributed by atoms with Gasteiger partial charge in [-0.15, -0.1) is 0 Å². The zero-order valence-electron chi connectivity index (χ0n) is 14.4. The van der Waals surface area contributed by atoms with E-state index in [1.54, 1.807) is 24.4 Å². The van der Waals surface area contributed by atoms with Gasteiger partial charge >= 0.3 is 0 Å². The predicted molar refractivity (Wildman–Crippen MR) is 111 cm³/mol. The largest absolute Gasteiger partial charge is 0.489 e. The highest BCUT2D eigenvalue weighted by Gasteiger charge is 2.01. The van der Waals surface area contributed by atoms with Crippen molar-refractivity contribution in [1.29, 1.82) is 0 Å². The molecule has 6 heteroatoms. The molecule has 0 atom stereocenters. The molecule has 27 heavy (non-hydrogen) atoms. The summed E-state index contributed by atoms with van der Waals surface area (Å²) in [5.41, 5.74) is 5.05. The van der Waals surface area contributed by atoms with E-state index in [1.165, 1.54) is 6.07 Å². The molecular weight excluding hydrogens is 361 g/mol. The maximum absolute atomic E-state index is 13.6. The second-order valence-corrected chi connectivity index (χ2v) is 6.05. The number of hydrogen-bond donors (Lipinski definition) is 2. The fourth-order valence-electron chi connectivity index (χ4n) is 2.27. The summed E-state index contributed by atoms with van der Waals surface area (Å²) in [6, 6.07) is 23.5. The zero-order valence-corrected chi connectivity index (χ0v) is 15.2. The maximum atomic E-state index is 13.6. The van der Waals surface area contributed by atoms with Gasteiger partial charge in [-0.25, -0.2) is 4.39 Å². The molecule has 2 N–H and O–H groups in total. The normalized spacial score (nSPS) is 10.6. The van der Waals surface area contributed by atoms with Gasteiger partial charge in [-0.2, -0.15) is 5.10 Å². The fourth-order valence-corrected chi connectivity index (χ4v) is 2.44. The summed E-state index contributed by atoms with van der Waals surface area (Å²) in [7, 11) is 0. The van der Waals surface area contributed by atoms with Gasteiger partial charge in [0, 0.05) is 11.3 Å². The van der Waals surface area contributed by atoms with Crippen LogP contribution in [-0.2, 0) is 6.61 Å². The van der Waals surface area contributed by atoms with E-state index in [4.69, 9.17) is 17.0 Å². The summed E-state index contributed by atoms with van der Waals surface area (Å²) in [5, 5.41) is 7.54. The quantitative estimate of drug-likeness (QED) is 0.369. The van der Waals surface area contributed by atoms with E-state index in [2.05, 4.69) is 15.8 Å². The highest BCUT2D eigenvalue weighted by atomic mass is 32.1. The molecule has 0 bridgehead atoms. The van der Waals surface area contributed by atoms with Crippen LogP contribution in [0.25, 0.3) is 0 Å². The molecule has 3 aromatic carbocycles. The molecule has 0 saturated heterocycles. The van der Waals surface area contributed by atoms with Gasteiger partial charge in [-0.1, -0.05) is 36.4 Å². The van der Waals surface area contributed by atoms with Crippen LogP contribution in [0, 0.1) is 5.82 Å². The van der Waals surface area contributed by atoms with Crippen molar-refractivity contribution < 1.29 is 9.13 Å². The monoisotopic (exact) mass is 379 g/mol.